The van der Waals surface area contributed by atoms with Gasteiger partial charge in [-0.1, -0.05) is 68.3 Å². The lowest BCUT2D eigenvalue weighted by Gasteiger charge is -2.27. The van der Waals surface area contributed by atoms with Gasteiger partial charge in [-0.05, 0) is 56.3 Å². The van der Waals surface area contributed by atoms with Crippen molar-refractivity contribution in [2.24, 2.45) is 0 Å². The summed E-state index contributed by atoms with van der Waals surface area (Å²) in [6.07, 6.45) is 7.41. The molecule has 1 aliphatic heterocycles. The Morgan fingerprint density at radius 1 is 1.14 bits per heavy atom. The van der Waals surface area contributed by atoms with E-state index in [1.54, 1.807) is 0 Å². The lowest BCUT2D eigenvalue weighted by molar-refractivity contribution is 0.245. The van der Waals surface area contributed by atoms with Gasteiger partial charge in [-0.25, -0.2) is 0 Å². The molecular weight excluding hydrogens is 266 g/mol. The summed E-state index contributed by atoms with van der Waals surface area (Å²) in [6.45, 7) is 14.5. The zero-order valence-electron chi connectivity index (χ0n) is 14.6. The summed E-state index contributed by atoms with van der Waals surface area (Å²) in [6, 6.07) is 8.94. The Morgan fingerprint density at radius 3 is 2.36 bits per heavy atom. The highest BCUT2D eigenvalue weighted by Gasteiger charge is 2.10. The molecule has 0 bridgehead atoms. The van der Waals surface area contributed by atoms with E-state index in [1.807, 2.05) is 0 Å². The van der Waals surface area contributed by atoms with Crippen LogP contribution in [0.2, 0.25) is 0 Å². The van der Waals surface area contributed by atoms with Crippen molar-refractivity contribution in [1.29, 1.82) is 0 Å². The molecule has 0 aromatic heterocycles. The van der Waals surface area contributed by atoms with Crippen LogP contribution >= 0.6 is 0 Å². The fourth-order valence-corrected chi connectivity index (χ4v) is 3.20. The van der Waals surface area contributed by atoms with Crippen LogP contribution in [0.1, 0.15) is 63.5 Å². The summed E-state index contributed by atoms with van der Waals surface area (Å²) < 4.78 is 0. The van der Waals surface area contributed by atoms with Gasteiger partial charge in [-0.15, -0.1) is 0 Å². The van der Waals surface area contributed by atoms with Gasteiger partial charge >= 0.3 is 0 Å². The van der Waals surface area contributed by atoms with Gasteiger partial charge in [0, 0.05) is 6.54 Å². The van der Waals surface area contributed by atoms with Crippen LogP contribution < -0.4 is 0 Å². The van der Waals surface area contributed by atoms with E-state index in [0.717, 1.165) is 13.0 Å². The van der Waals surface area contributed by atoms with Gasteiger partial charge in [-0.2, -0.15) is 0 Å². The number of allylic oxidation sites excluding steroid dienone is 1. The Labute approximate surface area is 136 Å². The molecule has 0 N–H and O–H groups in total. The molecule has 2 rings (SSSR count). The standard InChI is InChI=1S/C21H31N/c1-17(2)21-10-8-20(9-11-21)15-18(3)14-19(4)16-22-12-6-5-7-13-22/h8-11,15,17H,4-7,12-14,16H2,1-3H3/b18-15+. The first kappa shape index (κ1) is 17.0. The Bertz CT molecular complexity index is 501. The third-order valence-electron chi connectivity index (χ3n) is 4.44. The van der Waals surface area contributed by atoms with Gasteiger partial charge in [0.25, 0.3) is 0 Å². The molecule has 0 saturated carbocycles. The van der Waals surface area contributed by atoms with Crippen LogP contribution in [0.15, 0.2) is 42.0 Å². The molecule has 0 radical (unpaired) electrons. The van der Waals surface area contributed by atoms with Crippen LogP contribution in [-0.2, 0) is 0 Å². The van der Waals surface area contributed by atoms with E-state index in [0.29, 0.717) is 5.92 Å². The second-order valence-electron chi connectivity index (χ2n) is 7.08. The molecule has 1 fully saturated rings. The monoisotopic (exact) mass is 297 g/mol. The van der Waals surface area contributed by atoms with Gasteiger partial charge in [0.05, 0.1) is 0 Å². The predicted molar refractivity (Wildman–Crippen MR) is 98.2 cm³/mol. The first-order valence-corrected chi connectivity index (χ1v) is 8.70. The molecule has 1 heteroatoms. The number of rotatable bonds is 6. The maximum Gasteiger partial charge on any atom is 0.0193 e. The summed E-state index contributed by atoms with van der Waals surface area (Å²) >= 11 is 0. The van der Waals surface area contributed by atoms with E-state index < -0.39 is 0 Å². The maximum atomic E-state index is 4.29. The molecule has 1 aromatic rings. The van der Waals surface area contributed by atoms with Gasteiger partial charge in [0.15, 0.2) is 0 Å². The van der Waals surface area contributed by atoms with Crippen LogP contribution in [0, 0.1) is 0 Å². The fourth-order valence-electron chi connectivity index (χ4n) is 3.20. The summed E-state index contributed by atoms with van der Waals surface area (Å²) in [7, 11) is 0. The number of hydrogen-bond acceptors (Lipinski definition) is 1. The smallest absolute Gasteiger partial charge is 0.0193 e. The molecule has 1 heterocycles. The third kappa shape index (κ3) is 5.46. The van der Waals surface area contributed by atoms with E-state index in [1.165, 1.54) is 54.6 Å². The number of nitrogens with zero attached hydrogens (tertiary/aromatic N) is 1. The van der Waals surface area contributed by atoms with Crippen LogP contribution in [0.3, 0.4) is 0 Å². The normalized spacial score (nSPS) is 17.0. The largest absolute Gasteiger partial charge is 0.299 e. The first-order chi connectivity index (χ1) is 10.5. The Balaban J connectivity index is 1.87. The Morgan fingerprint density at radius 2 is 1.77 bits per heavy atom. The molecule has 0 atom stereocenters. The van der Waals surface area contributed by atoms with Gasteiger partial charge in [-0.3, -0.25) is 4.90 Å². The minimum absolute atomic E-state index is 0.600. The highest BCUT2D eigenvalue weighted by Crippen LogP contribution is 2.19. The van der Waals surface area contributed by atoms with Crippen molar-refractivity contribution in [2.45, 2.75) is 52.4 Å². The van der Waals surface area contributed by atoms with E-state index >= 15 is 0 Å². The average molecular weight is 297 g/mol. The SMILES string of the molecule is C=C(C/C(C)=C/c1ccc(C(C)C)cc1)CN1CCCCC1. The van der Waals surface area contributed by atoms with Crippen molar-refractivity contribution in [3.63, 3.8) is 0 Å². The molecule has 1 nitrogen and oxygen atoms in total. The number of benzene rings is 1. The molecule has 1 saturated heterocycles. The van der Waals surface area contributed by atoms with Crippen molar-refractivity contribution in [3.05, 3.63) is 53.1 Å². The van der Waals surface area contributed by atoms with Crippen molar-refractivity contribution < 1.29 is 0 Å². The first-order valence-electron chi connectivity index (χ1n) is 8.70. The van der Waals surface area contributed by atoms with Crippen molar-refractivity contribution >= 4 is 6.08 Å². The van der Waals surface area contributed by atoms with Crippen molar-refractivity contribution in [3.8, 4) is 0 Å². The summed E-state index contributed by atoms with van der Waals surface area (Å²) in [5.41, 5.74) is 5.45. The van der Waals surface area contributed by atoms with Crippen LogP contribution in [0.25, 0.3) is 6.08 Å². The summed E-state index contributed by atoms with van der Waals surface area (Å²) in [4.78, 5) is 2.55. The molecular formula is C21H31N. The molecule has 0 aliphatic carbocycles. The lowest BCUT2D eigenvalue weighted by Crippen LogP contribution is -2.31. The molecule has 1 aromatic carbocycles. The van der Waals surface area contributed by atoms with Crippen LogP contribution in [0.5, 0.6) is 0 Å². The molecule has 120 valence electrons. The summed E-state index contributed by atoms with van der Waals surface area (Å²) in [5, 5.41) is 0. The van der Waals surface area contributed by atoms with E-state index in [4.69, 9.17) is 0 Å². The Kier molecular flexibility index (Phi) is 6.45. The number of hydrogen-bond donors (Lipinski definition) is 0. The second kappa shape index (κ2) is 8.33. The topological polar surface area (TPSA) is 3.24 Å². The summed E-state index contributed by atoms with van der Waals surface area (Å²) in [5.74, 6) is 0.600. The van der Waals surface area contributed by atoms with Gasteiger partial charge in [0.2, 0.25) is 0 Å². The van der Waals surface area contributed by atoms with Gasteiger partial charge in [0.1, 0.15) is 0 Å². The minimum Gasteiger partial charge on any atom is -0.299 e. The maximum absolute atomic E-state index is 4.29. The quantitative estimate of drug-likeness (QED) is 0.614. The molecule has 0 unspecified atom stereocenters. The molecule has 22 heavy (non-hydrogen) atoms. The van der Waals surface area contributed by atoms with E-state index in [2.05, 4.69) is 62.6 Å². The van der Waals surface area contributed by atoms with Gasteiger partial charge < -0.3 is 0 Å². The van der Waals surface area contributed by atoms with Crippen LogP contribution in [0.4, 0.5) is 0 Å². The predicted octanol–water partition coefficient (Wildman–Crippen LogP) is 5.65. The molecule has 0 spiro atoms. The minimum atomic E-state index is 0.600. The zero-order valence-corrected chi connectivity index (χ0v) is 14.6. The van der Waals surface area contributed by atoms with E-state index in [-0.39, 0.29) is 0 Å². The zero-order chi connectivity index (χ0) is 15.9. The molecule has 1 aliphatic rings. The molecule has 0 amide bonds. The second-order valence-corrected chi connectivity index (χ2v) is 7.08. The Hall–Kier alpha value is -1.34. The third-order valence-corrected chi connectivity index (χ3v) is 4.44. The lowest BCUT2D eigenvalue weighted by atomic mass is 10.00. The number of piperidine rings is 1. The van der Waals surface area contributed by atoms with Crippen molar-refractivity contribution in [2.75, 3.05) is 19.6 Å². The highest BCUT2D eigenvalue weighted by atomic mass is 15.1. The van der Waals surface area contributed by atoms with Crippen molar-refractivity contribution in [1.82, 2.24) is 4.90 Å². The van der Waals surface area contributed by atoms with E-state index in [9.17, 15) is 0 Å². The van der Waals surface area contributed by atoms with Crippen LogP contribution in [-0.4, -0.2) is 24.5 Å². The highest BCUT2D eigenvalue weighted by molar-refractivity contribution is 5.53. The average Bonchev–Trinajstić information content (AvgIpc) is 2.48. The number of likely N-dealkylation sites (tertiary alicyclic amines) is 1. The fraction of sp³-hybridized carbons (Fsp3) is 0.524.